The number of methoxy groups -OCH3 is 1. The Morgan fingerprint density at radius 3 is 3.07 bits per heavy atom. The minimum absolute atomic E-state index is 0.558. The Morgan fingerprint density at radius 2 is 2.33 bits per heavy atom. The summed E-state index contributed by atoms with van der Waals surface area (Å²) >= 11 is 0. The maximum absolute atomic E-state index is 5.57. The van der Waals surface area contributed by atoms with Crippen molar-refractivity contribution in [3.05, 3.63) is 29.6 Å². The zero-order valence-corrected chi connectivity index (χ0v) is 8.79. The number of fused-ring (bicyclic) bond motifs is 1. The summed E-state index contributed by atoms with van der Waals surface area (Å²) in [7, 11) is 1.69. The van der Waals surface area contributed by atoms with Gasteiger partial charge in [-0.05, 0) is 17.7 Å². The van der Waals surface area contributed by atoms with Gasteiger partial charge in [0.15, 0.2) is 0 Å². The van der Waals surface area contributed by atoms with Crippen LogP contribution in [0.5, 0.6) is 0 Å². The molecule has 15 heavy (non-hydrogen) atoms. The van der Waals surface area contributed by atoms with Crippen molar-refractivity contribution in [3.8, 4) is 0 Å². The average Bonchev–Trinajstić information content (AvgIpc) is 2.67. The summed E-state index contributed by atoms with van der Waals surface area (Å²) in [4.78, 5) is 7.71. The topological polar surface area (TPSA) is 63.9 Å². The number of nitrogens with zero attached hydrogens (tertiary/aromatic N) is 1. The van der Waals surface area contributed by atoms with Crippen LogP contribution in [0.15, 0.2) is 18.2 Å². The lowest BCUT2D eigenvalue weighted by atomic mass is 10.2. The fourth-order valence-electron chi connectivity index (χ4n) is 1.55. The standard InChI is InChI=1S/C11H15N3O/c1-15-5-4-11-13-9-3-2-8(7-12)6-10(9)14-11/h2-3,6H,4-5,7,12H2,1H3,(H,13,14). The van der Waals surface area contributed by atoms with Crippen molar-refractivity contribution in [2.75, 3.05) is 13.7 Å². The minimum atomic E-state index is 0.558. The van der Waals surface area contributed by atoms with Crippen LogP contribution in [0.1, 0.15) is 11.4 Å². The zero-order valence-electron chi connectivity index (χ0n) is 8.79. The lowest BCUT2D eigenvalue weighted by molar-refractivity contribution is 0.201. The molecule has 3 N–H and O–H groups in total. The summed E-state index contributed by atoms with van der Waals surface area (Å²) < 4.78 is 5.01. The second-order valence-electron chi connectivity index (χ2n) is 3.48. The Morgan fingerprint density at radius 1 is 1.47 bits per heavy atom. The van der Waals surface area contributed by atoms with Gasteiger partial charge < -0.3 is 15.5 Å². The molecule has 0 amide bonds. The maximum Gasteiger partial charge on any atom is 0.109 e. The van der Waals surface area contributed by atoms with Crippen LogP contribution in [-0.2, 0) is 17.7 Å². The van der Waals surface area contributed by atoms with Gasteiger partial charge in [-0.15, -0.1) is 0 Å². The van der Waals surface area contributed by atoms with Crippen LogP contribution in [-0.4, -0.2) is 23.7 Å². The van der Waals surface area contributed by atoms with Crippen LogP contribution in [0.2, 0.25) is 0 Å². The predicted octanol–water partition coefficient (Wildman–Crippen LogP) is 1.21. The molecule has 1 heterocycles. The molecule has 0 saturated carbocycles. The van der Waals surface area contributed by atoms with Crippen molar-refractivity contribution in [2.24, 2.45) is 5.73 Å². The van der Waals surface area contributed by atoms with Crippen LogP contribution in [0, 0.1) is 0 Å². The van der Waals surface area contributed by atoms with E-state index >= 15 is 0 Å². The molecule has 0 bridgehead atoms. The summed E-state index contributed by atoms with van der Waals surface area (Å²) in [6.45, 7) is 1.24. The molecule has 0 aliphatic carbocycles. The number of hydrogen-bond acceptors (Lipinski definition) is 3. The van der Waals surface area contributed by atoms with Gasteiger partial charge >= 0.3 is 0 Å². The van der Waals surface area contributed by atoms with E-state index in [0.717, 1.165) is 28.8 Å². The van der Waals surface area contributed by atoms with Crippen molar-refractivity contribution >= 4 is 11.0 Å². The molecule has 1 aromatic carbocycles. The molecule has 0 unspecified atom stereocenters. The molecule has 0 radical (unpaired) electrons. The number of imidazole rings is 1. The van der Waals surface area contributed by atoms with Gasteiger partial charge in [0.05, 0.1) is 17.6 Å². The summed E-state index contributed by atoms with van der Waals surface area (Å²) in [5.41, 5.74) is 8.72. The van der Waals surface area contributed by atoms with Crippen LogP contribution in [0.4, 0.5) is 0 Å². The van der Waals surface area contributed by atoms with Gasteiger partial charge in [0.25, 0.3) is 0 Å². The van der Waals surface area contributed by atoms with E-state index in [9.17, 15) is 0 Å². The fraction of sp³-hybridized carbons (Fsp3) is 0.364. The van der Waals surface area contributed by atoms with Gasteiger partial charge in [-0.1, -0.05) is 6.07 Å². The second-order valence-corrected chi connectivity index (χ2v) is 3.48. The summed E-state index contributed by atoms with van der Waals surface area (Å²) in [6, 6.07) is 6.03. The van der Waals surface area contributed by atoms with Crippen LogP contribution in [0.3, 0.4) is 0 Å². The fourth-order valence-corrected chi connectivity index (χ4v) is 1.55. The molecule has 1 aromatic heterocycles. The van der Waals surface area contributed by atoms with Crippen molar-refractivity contribution in [1.82, 2.24) is 9.97 Å². The molecule has 2 rings (SSSR count). The average molecular weight is 205 g/mol. The Bertz CT molecular complexity index is 450. The quantitative estimate of drug-likeness (QED) is 0.788. The number of nitrogens with two attached hydrogens (primary N) is 1. The van der Waals surface area contributed by atoms with Crippen molar-refractivity contribution in [2.45, 2.75) is 13.0 Å². The van der Waals surface area contributed by atoms with E-state index in [4.69, 9.17) is 10.5 Å². The number of ether oxygens (including phenoxy) is 1. The zero-order chi connectivity index (χ0) is 10.7. The lowest BCUT2D eigenvalue weighted by Gasteiger charge is -1.94. The first-order valence-corrected chi connectivity index (χ1v) is 5.00. The third-order valence-corrected chi connectivity index (χ3v) is 2.37. The number of aromatic nitrogens is 2. The number of rotatable bonds is 4. The Labute approximate surface area is 88.5 Å². The smallest absolute Gasteiger partial charge is 0.109 e. The third kappa shape index (κ3) is 2.16. The van der Waals surface area contributed by atoms with Crippen molar-refractivity contribution in [3.63, 3.8) is 0 Å². The number of H-pyrrole nitrogens is 1. The molecule has 0 fully saturated rings. The number of benzene rings is 1. The van der Waals surface area contributed by atoms with Crippen LogP contribution < -0.4 is 5.73 Å². The largest absolute Gasteiger partial charge is 0.384 e. The molecule has 2 aromatic rings. The van der Waals surface area contributed by atoms with Gasteiger partial charge in [0.2, 0.25) is 0 Å². The molecular weight excluding hydrogens is 190 g/mol. The Hall–Kier alpha value is -1.39. The highest BCUT2D eigenvalue weighted by atomic mass is 16.5. The number of aromatic amines is 1. The Kier molecular flexibility index (Phi) is 2.99. The maximum atomic E-state index is 5.57. The monoisotopic (exact) mass is 205 g/mol. The first kappa shape index (κ1) is 10.1. The number of nitrogens with one attached hydrogen (secondary N) is 1. The third-order valence-electron chi connectivity index (χ3n) is 2.37. The molecule has 0 saturated heterocycles. The molecule has 4 heteroatoms. The van der Waals surface area contributed by atoms with Gasteiger partial charge in [0, 0.05) is 20.1 Å². The molecule has 0 aliphatic rings. The van der Waals surface area contributed by atoms with E-state index in [2.05, 4.69) is 9.97 Å². The first-order valence-electron chi connectivity index (χ1n) is 5.00. The van der Waals surface area contributed by atoms with E-state index < -0.39 is 0 Å². The highest BCUT2D eigenvalue weighted by Gasteiger charge is 2.02. The molecule has 0 aliphatic heterocycles. The van der Waals surface area contributed by atoms with Crippen LogP contribution in [0.25, 0.3) is 11.0 Å². The number of hydrogen-bond donors (Lipinski definition) is 2. The van der Waals surface area contributed by atoms with Crippen LogP contribution >= 0.6 is 0 Å². The second kappa shape index (κ2) is 4.42. The lowest BCUT2D eigenvalue weighted by Crippen LogP contribution is -1.95. The normalized spacial score (nSPS) is 11.1. The molecule has 0 atom stereocenters. The van der Waals surface area contributed by atoms with Crippen molar-refractivity contribution < 1.29 is 4.74 Å². The predicted molar refractivity (Wildman–Crippen MR) is 59.6 cm³/mol. The highest BCUT2D eigenvalue weighted by Crippen LogP contribution is 2.13. The van der Waals surface area contributed by atoms with Gasteiger partial charge in [-0.3, -0.25) is 0 Å². The minimum Gasteiger partial charge on any atom is -0.384 e. The van der Waals surface area contributed by atoms with Gasteiger partial charge in [-0.25, -0.2) is 4.98 Å². The SMILES string of the molecule is COCCc1nc2ccc(CN)cc2[nH]1. The van der Waals surface area contributed by atoms with Gasteiger partial charge in [-0.2, -0.15) is 0 Å². The molecular formula is C11H15N3O. The Balaban J connectivity index is 2.29. The van der Waals surface area contributed by atoms with Crippen molar-refractivity contribution in [1.29, 1.82) is 0 Å². The van der Waals surface area contributed by atoms with E-state index in [-0.39, 0.29) is 0 Å². The molecule has 4 nitrogen and oxygen atoms in total. The first-order chi connectivity index (χ1) is 7.33. The van der Waals surface area contributed by atoms with E-state index in [1.165, 1.54) is 0 Å². The van der Waals surface area contributed by atoms with E-state index in [1.807, 2.05) is 18.2 Å². The molecule has 80 valence electrons. The van der Waals surface area contributed by atoms with E-state index in [0.29, 0.717) is 13.2 Å². The summed E-state index contributed by atoms with van der Waals surface area (Å²) in [5, 5.41) is 0. The van der Waals surface area contributed by atoms with Gasteiger partial charge in [0.1, 0.15) is 5.82 Å². The highest BCUT2D eigenvalue weighted by molar-refractivity contribution is 5.75. The molecule has 0 spiro atoms. The summed E-state index contributed by atoms with van der Waals surface area (Å²) in [6.07, 6.45) is 0.809. The van der Waals surface area contributed by atoms with E-state index in [1.54, 1.807) is 7.11 Å². The summed E-state index contributed by atoms with van der Waals surface area (Å²) in [5.74, 6) is 0.959.